The van der Waals surface area contributed by atoms with E-state index in [9.17, 15) is 5.11 Å². The molecule has 0 aromatic carbocycles. The maximum Gasteiger partial charge on any atom is 0.114 e. The Balaban J connectivity index is 2.22. The van der Waals surface area contributed by atoms with E-state index in [2.05, 4.69) is 17.1 Å². The summed E-state index contributed by atoms with van der Waals surface area (Å²) in [6, 6.07) is 0. The van der Waals surface area contributed by atoms with Gasteiger partial charge in [-0.2, -0.15) is 15.0 Å². The molecule has 1 heterocycles. The third kappa shape index (κ3) is 1.66. The highest BCUT2D eigenvalue weighted by Gasteiger charge is 2.36. The van der Waals surface area contributed by atoms with Crippen LogP contribution in [0.4, 0.5) is 0 Å². The lowest BCUT2D eigenvalue weighted by atomic mass is 9.77. The second-order valence-electron chi connectivity index (χ2n) is 4.45. The summed E-state index contributed by atoms with van der Waals surface area (Å²) < 4.78 is 0. The molecule has 4 nitrogen and oxygen atoms in total. The first-order valence-corrected chi connectivity index (χ1v) is 5.19. The molecule has 2 atom stereocenters. The number of hydrogen-bond acceptors (Lipinski definition) is 3. The Labute approximate surface area is 83.9 Å². The fraction of sp³-hybridized carbons (Fsp3) is 0.800. The molecule has 0 amide bonds. The Morgan fingerprint density at radius 1 is 1.64 bits per heavy atom. The van der Waals surface area contributed by atoms with E-state index in [1.54, 1.807) is 13.2 Å². The largest absolute Gasteiger partial charge is 0.383 e. The second-order valence-corrected chi connectivity index (χ2v) is 4.45. The van der Waals surface area contributed by atoms with E-state index < -0.39 is 5.60 Å². The zero-order valence-corrected chi connectivity index (χ0v) is 8.77. The molecule has 1 aromatic rings. The Morgan fingerprint density at radius 2 is 2.43 bits per heavy atom. The molecule has 0 bridgehead atoms. The summed E-state index contributed by atoms with van der Waals surface area (Å²) in [4.78, 5) is 1.51. The van der Waals surface area contributed by atoms with Crippen molar-refractivity contribution in [3.05, 3.63) is 11.9 Å². The van der Waals surface area contributed by atoms with Crippen molar-refractivity contribution in [1.29, 1.82) is 0 Å². The molecule has 14 heavy (non-hydrogen) atoms. The van der Waals surface area contributed by atoms with Crippen LogP contribution in [0.25, 0.3) is 0 Å². The number of aromatic nitrogens is 3. The van der Waals surface area contributed by atoms with E-state index in [0.29, 0.717) is 5.92 Å². The fourth-order valence-corrected chi connectivity index (χ4v) is 2.32. The van der Waals surface area contributed by atoms with Crippen LogP contribution in [0.15, 0.2) is 6.20 Å². The molecule has 2 unspecified atom stereocenters. The molecule has 1 fully saturated rings. The van der Waals surface area contributed by atoms with Gasteiger partial charge in [0, 0.05) is 7.05 Å². The van der Waals surface area contributed by atoms with Crippen molar-refractivity contribution in [1.82, 2.24) is 15.0 Å². The molecule has 0 radical (unpaired) electrons. The van der Waals surface area contributed by atoms with Crippen molar-refractivity contribution in [2.24, 2.45) is 13.0 Å². The van der Waals surface area contributed by atoms with Crippen LogP contribution < -0.4 is 0 Å². The summed E-state index contributed by atoms with van der Waals surface area (Å²) >= 11 is 0. The third-order valence-corrected chi connectivity index (χ3v) is 3.05. The number of rotatable bonds is 1. The van der Waals surface area contributed by atoms with E-state index in [1.165, 1.54) is 11.2 Å². The minimum atomic E-state index is -0.730. The Morgan fingerprint density at radius 3 is 3.00 bits per heavy atom. The highest BCUT2D eigenvalue weighted by Crippen LogP contribution is 2.38. The van der Waals surface area contributed by atoms with Crippen molar-refractivity contribution < 1.29 is 5.11 Å². The van der Waals surface area contributed by atoms with E-state index in [4.69, 9.17) is 0 Å². The van der Waals surface area contributed by atoms with Gasteiger partial charge in [0.25, 0.3) is 0 Å². The standard InChI is InChI=1S/C10H17N3O/c1-8-4-3-5-10(14,6-8)9-7-11-13(2)12-9/h7-8,14H,3-6H2,1-2H3. The molecular weight excluding hydrogens is 178 g/mol. The van der Waals surface area contributed by atoms with Crippen LogP contribution in [0, 0.1) is 5.92 Å². The number of aryl methyl sites for hydroxylation is 1. The van der Waals surface area contributed by atoms with E-state index >= 15 is 0 Å². The lowest BCUT2D eigenvalue weighted by Crippen LogP contribution is -2.32. The molecule has 1 saturated carbocycles. The first kappa shape index (κ1) is 9.65. The van der Waals surface area contributed by atoms with Crippen LogP contribution in [0.5, 0.6) is 0 Å². The van der Waals surface area contributed by atoms with Gasteiger partial charge < -0.3 is 5.11 Å². The van der Waals surface area contributed by atoms with E-state index in [-0.39, 0.29) is 0 Å². The number of aliphatic hydroxyl groups is 1. The summed E-state index contributed by atoms with van der Waals surface area (Å²) in [6.07, 6.45) is 5.59. The maximum atomic E-state index is 10.4. The second kappa shape index (κ2) is 3.35. The molecule has 2 rings (SSSR count). The van der Waals surface area contributed by atoms with Crippen molar-refractivity contribution in [2.75, 3.05) is 0 Å². The Hall–Kier alpha value is -0.900. The molecule has 78 valence electrons. The molecule has 1 aromatic heterocycles. The van der Waals surface area contributed by atoms with Gasteiger partial charge >= 0.3 is 0 Å². The highest BCUT2D eigenvalue weighted by atomic mass is 16.3. The molecule has 0 spiro atoms. The molecule has 4 heteroatoms. The highest BCUT2D eigenvalue weighted by molar-refractivity contribution is 5.07. The molecule has 1 N–H and O–H groups in total. The van der Waals surface area contributed by atoms with Crippen molar-refractivity contribution in [3.63, 3.8) is 0 Å². The van der Waals surface area contributed by atoms with Crippen LogP contribution >= 0.6 is 0 Å². The number of nitrogens with zero attached hydrogens (tertiary/aromatic N) is 3. The summed E-state index contributed by atoms with van der Waals surface area (Å²) in [5, 5.41) is 18.6. The summed E-state index contributed by atoms with van der Waals surface area (Å²) in [5.41, 5.74) is -0.00194. The van der Waals surface area contributed by atoms with Gasteiger partial charge in [-0.05, 0) is 25.2 Å². The van der Waals surface area contributed by atoms with Gasteiger partial charge in [0.15, 0.2) is 0 Å². The molecule has 1 aliphatic rings. The monoisotopic (exact) mass is 195 g/mol. The van der Waals surface area contributed by atoms with Gasteiger partial charge in [-0.3, -0.25) is 0 Å². The van der Waals surface area contributed by atoms with Crippen molar-refractivity contribution in [3.8, 4) is 0 Å². The normalized spacial score (nSPS) is 33.2. The average molecular weight is 195 g/mol. The summed E-state index contributed by atoms with van der Waals surface area (Å²) in [6.45, 7) is 2.18. The van der Waals surface area contributed by atoms with Gasteiger partial charge in [0.05, 0.1) is 6.20 Å². The minimum Gasteiger partial charge on any atom is -0.383 e. The SMILES string of the molecule is CC1CCCC(O)(c2cnn(C)n2)C1. The fourth-order valence-electron chi connectivity index (χ4n) is 2.32. The average Bonchev–Trinajstić information content (AvgIpc) is 2.52. The lowest BCUT2D eigenvalue weighted by molar-refractivity contribution is -0.0220. The Bertz CT molecular complexity index is 323. The molecule has 0 aliphatic heterocycles. The van der Waals surface area contributed by atoms with Crippen molar-refractivity contribution >= 4 is 0 Å². The quantitative estimate of drug-likeness (QED) is 0.733. The van der Waals surface area contributed by atoms with Crippen molar-refractivity contribution in [2.45, 2.75) is 38.2 Å². The predicted molar refractivity (Wildman–Crippen MR) is 52.5 cm³/mol. The molecule has 0 saturated heterocycles. The summed E-state index contributed by atoms with van der Waals surface area (Å²) in [7, 11) is 1.78. The molecular formula is C10H17N3O. The first-order chi connectivity index (χ1) is 6.60. The van der Waals surface area contributed by atoms with Gasteiger partial charge in [-0.25, -0.2) is 0 Å². The maximum absolute atomic E-state index is 10.4. The van der Waals surface area contributed by atoms with Crippen LogP contribution in [-0.4, -0.2) is 20.1 Å². The molecule has 1 aliphatic carbocycles. The number of hydrogen-bond donors (Lipinski definition) is 1. The van der Waals surface area contributed by atoms with Gasteiger partial charge in [0.2, 0.25) is 0 Å². The van der Waals surface area contributed by atoms with Gasteiger partial charge in [0.1, 0.15) is 11.3 Å². The van der Waals surface area contributed by atoms with Crippen LogP contribution in [0.2, 0.25) is 0 Å². The smallest absolute Gasteiger partial charge is 0.114 e. The zero-order valence-electron chi connectivity index (χ0n) is 8.77. The minimum absolute atomic E-state index is 0.579. The van der Waals surface area contributed by atoms with Gasteiger partial charge in [-0.15, -0.1) is 0 Å². The van der Waals surface area contributed by atoms with Crippen LogP contribution in [0.1, 0.15) is 38.3 Å². The zero-order chi connectivity index (χ0) is 10.2. The van der Waals surface area contributed by atoms with E-state index in [1.807, 2.05) is 0 Å². The lowest BCUT2D eigenvalue weighted by Gasteiger charge is -2.33. The van der Waals surface area contributed by atoms with E-state index in [0.717, 1.165) is 25.0 Å². The predicted octanol–water partition coefficient (Wildman–Crippen LogP) is 1.21. The van der Waals surface area contributed by atoms with Crippen LogP contribution in [-0.2, 0) is 12.6 Å². The Kier molecular flexibility index (Phi) is 2.31. The van der Waals surface area contributed by atoms with Gasteiger partial charge in [-0.1, -0.05) is 13.3 Å². The topological polar surface area (TPSA) is 50.9 Å². The third-order valence-electron chi connectivity index (χ3n) is 3.05. The summed E-state index contributed by atoms with van der Waals surface area (Å²) in [5.74, 6) is 0.579. The first-order valence-electron chi connectivity index (χ1n) is 5.19. The van der Waals surface area contributed by atoms with Crippen LogP contribution in [0.3, 0.4) is 0 Å².